The van der Waals surface area contributed by atoms with E-state index in [-0.39, 0.29) is 11.9 Å². The number of carbonyl (C=O) groups excluding carboxylic acids is 2. The van der Waals surface area contributed by atoms with Crippen LogP contribution in [-0.4, -0.2) is 24.3 Å². The van der Waals surface area contributed by atoms with Crippen molar-refractivity contribution in [2.24, 2.45) is 0 Å². The van der Waals surface area contributed by atoms with Gasteiger partial charge in [-0.05, 0) is 12.8 Å². The molecular weight excluding hydrogens is 300 g/mol. The van der Waals surface area contributed by atoms with Crippen molar-refractivity contribution in [1.82, 2.24) is 0 Å². The Morgan fingerprint density at radius 1 is 0.958 bits per heavy atom. The molecule has 0 saturated heterocycles. The topological polar surface area (TPSA) is 43.4 Å². The van der Waals surface area contributed by atoms with Crippen LogP contribution in [0.25, 0.3) is 0 Å². The fourth-order valence-corrected chi connectivity index (χ4v) is 2.88. The molecule has 0 N–H and O–H groups in total. The predicted octanol–water partition coefficient (Wildman–Crippen LogP) is 5.37. The van der Waals surface area contributed by atoms with Gasteiger partial charge in [0.1, 0.15) is 0 Å². The van der Waals surface area contributed by atoms with Gasteiger partial charge in [-0.25, -0.2) is 0 Å². The Morgan fingerprint density at radius 3 is 2.25 bits per heavy atom. The third-order valence-electron chi connectivity index (χ3n) is 4.27. The Hall–Kier alpha value is -1.48. The summed E-state index contributed by atoms with van der Waals surface area (Å²) in [4.78, 5) is 23.8. The molecule has 0 aliphatic carbocycles. The van der Waals surface area contributed by atoms with Crippen molar-refractivity contribution in [2.45, 2.75) is 83.8 Å². The van der Waals surface area contributed by atoms with E-state index < -0.39 is 6.10 Å². The fraction of sp³-hybridized carbons (Fsp3) is 0.619. The van der Waals surface area contributed by atoms with Crippen LogP contribution in [0, 0.1) is 0 Å². The standard InChI is InChI=1S/C21H32O3/c1-3-5-6-7-8-12-16-19(13-4-2)24-20(17-22)21(23)18-14-10-9-11-15-18/h9-11,14-15,17,19-20H,3-8,12-13,16H2,1-2H3. The summed E-state index contributed by atoms with van der Waals surface area (Å²) in [6.45, 7) is 4.32. The molecule has 1 rings (SSSR count). The SMILES string of the molecule is CCCCCCCCC(CCC)OC(C=O)C(=O)c1ccccc1. The zero-order valence-electron chi connectivity index (χ0n) is 15.2. The van der Waals surface area contributed by atoms with Gasteiger partial charge in [0.25, 0.3) is 0 Å². The van der Waals surface area contributed by atoms with E-state index >= 15 is 0 Å². The summed E-state index contributed by atoms with van der Waals surface area (Å²) < 4.78 is 5.87. The van der Waals surface area contributed by atoms with Crippen molar-refractivity contribution in [3.8, 4) is 0 Å². The fourth-order valence-electron chi connectivity index (χ4n) is 2.88. The summed E-state index contributed by atoms with van der Waals surface area (Å²) >= 11 is 0. The first kappa shape index (κ1) is 20.6. The molecular formula is C21H32O3. The maximum Gasteiger partial charge on any atom is 0.198 e. The van der Waals surface area contributed by atoms with E-state index in [0.717, 1.165) is 25.7 Å². The van der Waals surface area contributed by atoms with Gasteiger partial charge in [0.05, 0.1) is 6.10 Å². The van der Waals surface area contributed by atoms with Gasteiger partial charge in [-0.15, -0.1) is 0 Å². The number of rotatable bonds is 14. The van der Waals surface area contributed by atoms with Gasteiger partial charge >= 0.3 is 0 Å². The van der Waals surface area contributed by atoms with Crippen molar-refractivity contribution >= 4 is 12.1 Å². The third-order valence-corrected chi connectivity index (χ3v) is 4.27. The van der Waals surface area contributed by atoms with Gasteiger partial charge < -0.3 is 4.74 Å². The quantitative estimate of drug-likeness (QED) is 0.199. The van der Waals surface area contributed by atoms with Crippen LogP contribution >= 0.6 is 0 Å². The Kier molecular flexibility index (Phi) is 11.0. The van der Waals surface area contributed by atoms with Crippen molar-refractivity contribution in [1.29, 1.82) is 0 Å². The number of ether oxygens (including phenoxy) is 1. The Labute approximate surface area is 146 Å². The first-order chi connectivity index (χ1) is 11.7. The highest BCUT2D eigenvalue weighted by Crippen LogP contribution is 2.17. The molecule has 1 aromatic rings. The van der Waals surface area contributed by atoms with E-state index in [4.69, 9.17) is 4.74 Å². The lowest BCUT2D eigenvalue weighted by molar-refractivity contribution is -0.119. The number of ketones is 1. The number of Topliss-reactive ketones (excluding diaryl/α,β-unsaturated/α-hetero) is 1. The molecule has 0 radical (unpaired) electrons. The van der Waals surface area contributed by atoms with E-state index in [1.807, 2.05) is 6.07 Å². The average molecular weight is 332 g/mol. The molecule has 0 fully saturated rings. The highest BCUT2D eigenvalue weighted by Gasteiger charge is 2.23. The molecule has 0 aliphatic heterocycles. The van der Waals surface area contributed by atoms with Crippen molar-refractivity contribution < 1.29 is 14.3 Å². The summed E-state index contributed by atoms with van der Waals surface area (Å²) in [5.41, 5.74) is 0.532. The largest absolute Gasteiger partial charge is 0.359 e. The number of carbonyl (C=O) groups is 2. The summed E-state index contributed by atoms with van der Waals surface area (Å²) in [5, 5.41) is 0. The van der Waals surface area contributed by atoms with E-state index in [1.54, 1.807) is 24.3 Å². The van der Waals surface area contributed by atoms with Gasteiger partial charge in [0.15, 0.2) is 18.2 Å². The lowest BCUT2D eigenvalue weighted by atomic mass is 10.0. The first-order valence-corrected chi connectivity index (χ1v) is 9.42. The maximum atomic E-state index is 12.4. The predicted molar refractivity (Wildman–Crippen MR) is 98.4 cm³/mol. The summed E-state index contributed by atoms with van der Waals surface area (Å²) in [5.74, 6) is -0.241. The molecule has 0 aliphatic rings. The minimum absolute atomic E-state index is 0.0102. The van der Waals surface area contributed by atoms with E-state index in [1.165, 1.54) is 32.1 Å². The van der Waals surface area contributed by atoms with Crippen LogP contribution < -0.4 is 0 Å². The van der Waals surface area contributed by atoms with Crippen molar-refractivity contribution in [2.75, 3.05) is 0 Å². The molecule has 134 valence electrons. The third kappa shape index (κ3) is 7.87. The molecule has 3 nitrogen and oxygen atoms in total. The van der Waals surface area contributed by atoms with Gasteiger partial charge in [0.2, 0.25) is 0 Å². The molecule has 3 heteroatoms. The Morgan fingerprint density at radius 2 is 1.62 bits per heavy atom. The number of aldehydes is 1. The Balaban J connectivity index is 2.48. The van der Waals surface area contributed by atoms with Crippen molar-refractivity contribution in [3.05, 3.63) is 35.9 Å². The smallest absolute Gasteiger partial charge is 0.198 e. The summed E-state index contributed by atoms with van der Waals surface area (Å²) in [6.07, 6.45) is 9.84. The lowest BCUT2D eigenvalue weighted by Crippen LogP contribution is -2.31. The van der Waals surface area contributed by atoms with Crippen LogP contribution in [0.15, 0.2) is 30.3 Å². The molecule has 0 heterocycles. The van der Waals surface area contributed by atoms with Crippen LogP contribution in [-0.2, 0) is 9.53 Å². The highest BCUT2D eigenvalue weighted by atomic mass is 16.5. The Bertz CT molecular complexity index is 455. The molecule has 2 unspecified atom stereocenters. The van der Waals surface area contributed by atoms with E-state index in [0.29, 0.717) is 11.8 Å². The number of hydrogen-bond donors (Lipinski definition) is 0. The van der Waals surface area contributed by atoms with Gasteiger partial charge in [-0.3, -0.25) is 9.59 Å². The van der Waals surface area contributed by atoms with Crippen LogP contribution in [0.1, 0.15) is 82.0 Å². The zero-order chi connectivity index (χ0) is 17.6. The molecule has 1 aromatic carbocycles. The highest BCUT2D eigenvalue weighted by molar-refractivity contribution is 6.07. The molecule has 0 spiro atoms. The second-order valence-electron chi connectivity index (χ2n) is 6.39. The number of hydrogen-bond acceptors (Lipinski definition) is 3. The monoisotopic (exact) mass is 332 g/mol. The molecule has 0 amide bonds. The lowest BCUT2D eigenvalue weighted by Gasteiger charge is -2.21. The second-order valence-corrected chi connectivity index (χ2v) is 6.39. The van der Waals surface area contributed by atoms with E-state index in [2.05, 4.69) is 13.8 Å². The van der Waals surface area contributed by atoms with Crippen molar-refractivity contribution in [3.63, 3.8) is 0 Å². The van der Waals surface area contributed by atoms with Crippen LogP contribution in [0.3, 0.4) is 0 Å². The number of unbranched alkanes of at least 4 members (excludes halogenated alkanes) is 5. The van der Waals surface area contributed by atoms with Gasteiger partial charge in [0, 0.05) is 5.56 Å². The summed E-state index contributed by atoms with van der Waals surface area (Å²) in [6, 6.07) is 8.91. The first-order valence-electron chi connectivity index (χ1n) is 9.42. The minimum atomic E-state index is -0.982. The van der Waals surface area contributed by atoms with Gasteiger partial charge in [-0.1, -0.05) is 89.1 Å². The minimum Gasteiger partial charge on any atom is -0.359 e. The van der Waals surface area contributed by atoms with E-state index in [9.17, 15) is 9.59 Å². The molecule has 24 heavy (non-hydrogen) atoms. The normalized spacial score (nSPS) is 13.4. The van der Waals surface area contributed by atoms with Crippen LogP contribution in [0.4, 0.5) is 0 Å². The molecule has 0 aromatic heterocycles. The van der Waals surface area contributed by atoms with Crippen LogP contribution in [0.2, 0.25) is 0 Å². The zero-order valence-corrected chi connectivity index (χ0v) is 15.2. The number of benzene rings is 1. The molecule has 2 atom stereocenters. The molecule has 0 bridgehead atoms. The van der Waals surface area contributed by atoms with Crippen LogP contribution in [0.5, 0.6) is 0 Å². The van der Waals surface area contributed by atoms with Gasteiger partial charge in [-0.2, -0.15) is 0 Å². The second kappa shape index (κ2) is 12.9. The molecule has 0 saturated carbocycles. The average Bonchev–Trinajstić information content (AvgIpc) is 2.62. The maximum absolute atomic E-state index is 12.4. The summed E-state index contributed by atoms with van der Waals surface area (Å²) in [7, 11) is 0.